The quantitative estimate of drug-likeness (QED) is 0.715. The average Bonchev–Trinajstić information content (AvgIpc) is 3.26. The summed E-state index contributed by atoms with van der Waals surface area (Å²) in [5, 5.41) is 8.90. The van der Waals surface area contributed by atoms with Gasteiger partial charge in [0, 0.05) is 36.3 Å². The summed E-state index contributed by atoms with van der Waals surface area (Å²) in [7, 11) is 0. The lowest BCUT2D eigenvalue weighted by Gasteiger charge is -2.13. The van der Waals surface area contributed by atoms with Crippen molar-refractivity contribution >= 4 is 28.5 Å². The number of para-hydroxylation sites is 1. The van der Waals surface area contributed by atoms with Gasteiger partial charge in [0.15, 0.2) is 0 Å². The number of fused-ring (bicyclic) bond motifs is 1. The Morgan fingerprint density at radius 2 is 2.15 bits per heavy atom. The Kier molecular flexibility index (Phi) is 4.58. The smallest absolute Gasteiger partial charge is 0.257 e. The summed E-state index contributed by atoms with van der Waals surface area (Å²) >= 11 is 0. The molecule has 0 radical (unpaired) electrons. The van der Waals surface area contributed by atoms with Gasteiger partial charge in [0.25, 0.3) is 5.91 Å². The predicted molar refractivity (Wildman–Crippen MR) is 101 cm³/mol. The van der Waals surface area contributed by atoms with E-state index in [0.29, 0.717) is 23.5 Å². The summed E-state index contributed by atoms with van der Waals surface area (Å²) in [6, 6.07) is 12.3. The van der Waals surface area contributed by atoms with Crippen LogP contribution in [-0.2, 0) is 9.53 Å². The summed E-state index contributed by atoms with van der Waals surface area (Å²) in [4.78, 5) is 12.1. The van der Waals surface area contributed by atoms with Crippen molar-refractivity contribution < 1.29 is 13.9 Å². The molecule has 5 nitrogen and oxygen atoms in total. The minimum Gasteiger partial charge on any atom is -0.380 e. The van der Waals surface area contributed by atoms with Crippen molar-refractivity contribution in [1.29, 1.82) is 0 Å². The molecule has 2 aromatic carbocycles. The minimum atomic E-state index is -0.345. The number of benzene rings is 2. The number of halogens is 1. The second kappa shape index (κ2) is 7.17. The molecule has 134 valence electrons. The lowest BCUT2D eigenvalue weighted by atomic mass is 10.1. The molecule has 2 aliphatic rings. The number of amides is 1. The molecule has 0 saturated carbocycles. The fourth-order valence-electron chi connectivity index (χ4n) is 3.22. The molecule has 3 N–H and O–H groups in total. The van der Waals surface area contributed by atoms with E-state index in [9.17, 15) is 9.18 Å². The zero-order valence-corrected chi connectivity index (χ0v) is 14.2. The van der Waals surface area contributed by atoms with E-state index in [1.807, 2.05) is 24.3 Å². The van der Waals surface area contributed by atoms with E-state index >= 15 is 0 Å². The first-order valence-electron chi connectivity index (χ1n) is 8.73. The van der Waals surface area contributed by atoms with Gasteiger partial charge in [-0.05, 0) is 37.1 Å². The topological polar surface area (TPSA) is 62.4 Å². The van der Waals surface area contributed by atoms with Gasteiger partial charge in [0.2, 0.25) is 0 Å². The highest BCUT2D eigenvalue weighted by Gasteiger charge is 2.23. The van der Waals surface area contributed by atoms with Crippen LogP contribution in [0.3, 0.4) is 0 Å². The van der Waals surface area contributed by atoms with Crippen LogP contribution in [0, 0.1) is 5.82 Å². The van der Waals surface area contributed by atoms with Crippen LogP contribution in [0.4, 0.5) is 21.5 Å². The molecule has 1 amide bonds. The van der Waals surface area contributed by atoms with Crippen molar-refractivity contribution in [2.75, 3.05) is 29.1 Å². The predicted octanol–water partition coefficient (Wildman–Crippen LogP) is 3.82. The minimum absolute atomic E-state index is 0.151. The molecule has 1 fully saturated rings. The van der Waals surface area contributed by atoms with Gasteiger partial charge in [-0.25, -0.2) is 4.39 Å². The van der Waals surface area contributed by atoms with E-state index in [0.717, 1.165) is 30.7 Å². The first-order chi connectivity index (χ1) is 12.7. The maximum absolute atomic E-state index is 14.3. The number of rotatable bonds is 5. The zero-order chi connectivity index (χ0) is 17.9. The summed E-state index contributed by atoms with van der Waals surface area (Å²) in [6.45, 7) is 1.38. The third kappa shape index (κ3) is 3.41. The second-order valence-corrected chi connectivity index (χ2v) is 6.41. The molecule has 2 aromatic rings. The summed E-state index contributed by atoms with van der Waals surface area (Å²) < 4.78 is 19.8. The van der Waals surface area contributed by atoms with Crippen molar-refractivity contribution in [3.05, 3.63) is 60.0 Å². The Balaban J connectivity index is 1.44. The number of hydrogen-bond acceptors (Lipinski definition) is 4. The van der Waals surface area contributed by atoms with Crippen LogP contribution < -0.4 is 16.0 Å². The molecular weight excluding hydrogens is 333 g/mol. The highest BCUT2D eigenvalue weighted by Crippen LogP contribution is 2.31. The third-order valence-corrected chi connectivity index (χ3v) is 4.61. The Bertz CT molecular complexity index is 860. The number of ether oxygens (including phenoxy) is 1. The Hall–Kier alpha value is -2.86. The highest BCUT2D eigenvalue weighted by atomic mass is 19.1. The summed E-state index contributed by atoms with van der Waals surface area (Å²) in [6.07, 6.45) is 3.82. The van der Waals surface area contributed by atoms with Gasteiger partial charge in [0.05, 0.1) is 17.4 Å². The molecule has 1 atom stereocenters. The molecule has 26 heavy (non-hydrogen) atoms. The number of hydrogen-bond donors (Lipinski definition) is 3. The standard InChI is InChI=1S/C20H20FN3O2/c21-17-10-13(7-8-19(17)23-11-14-4-3-9-26-14)22-12-16-15-5-1-2-6-18(15)24-20(16)25/h1-2,5-8,10,12,14,22-23H,3-4,9,11H2,(H,24,25). The number of carbonyl (C=O) groups is 1. The van der Waals surface area contributed by atoms with Gasteiger partial charge in [-0.15, -0.1) is 0 Å². The second-order valence-electron chi connectivity index (χ2n) is 6.41. The lowest BCUT2D eigenvalue weighted by molar-refractivity contribution is -0.110. The van der Waals surface area contributed by atoms with Gasteiger partial charge in [-0.2, -0.15) is 0 Å². The Morgan fingerprint density at radius 1 is 1.27 bits per heavy atom. The van der Waals surface area contributed by atoms with Gasteiger partial charge >= 0.3 is 0 Å². The normalized spacial score (nSPS) is 20.1. The van der Waals surface area contributed by atoms with Gasteiger partial charge < -0.3 is 20.7 Å². The molecule has 0 bridgehead atoms. The van der Waals surface area contributed by atoms with Crippen molar-refractivity contribution in [2.45, 2.75) is 18.9 Å². The Labute approximate surface area is 151 Å². The molecule has 0 aliphatic carbocycles. The van der Waals surface area contributed by atoms with E-state index in [2.05, 4.69) is 16.0 Å². The van der Waals surface area contributed by atoms with Crippen molar-refractivity contribution in [3.63, 3.8) is 0 Å². The lowest BCUT2D eigenvalue weighted by Crippen LogP contribution is -2.18. The van der Waals surface area contributed by atoms with Crippen LogP contribution in [0.15, 0.2) is 48.7 Å². The van der Waals surface area contributed by atoms with E-state index < -0.39 is 0 Å². The fraction of sp³-hybridized carbons (Fsp3) is 0.250. The van der Waals surface area contributed by atoms with E-state index in [1.54, 1.807) is 18.3 Å². The molecule has 2 heterocycles. The van der Waals surface area contributed by atoms with Crippen LogP contribution in [0.25, 0.3) is 5.57 Å². The molecule has 1 saturated heterocycles. The van der Waals surface area contributed by atoms with E-state index in [-0.39, 0.29) is 17.8 Å². The number of carbonyl (C=O) groups excluding carboxylic acids is 1. The molecule has 0 spiro atoms. The molecule has 4 rings (SSSR count). The average molecular weight is 353 g/mol. The van der Waals surface area contributed by atoms with Crippen molar-refractivity contribution in [2.24, 2.45) is 0 Å². The largest absolute Gasteiger partial charge is 0.380 e. The summed E-state index contributed by atoms with van der Waals surface area (Å²) in [5.74, 6) is -0.517. The first kappa shape index (κ1) is 16.6. The fourth-order valence-corrected chi connectivity index (χ4v) is 3.22. The Morgan fingerprint density at radius 3 is 2.96 bits per heavy atom. The van der Waals surface area contributed by atoms with E-state index in [1.165, 1.54) is 6.07 Å². The molecule has 1 unspecified atom stereocenters. The van der Waals surface area contributed by atoms with Crippen molar-refractivity contribution in [1.82, 2.24) is 0 Å². The van der Waals surface area contributed by atoms with Crippen LogP contribution in [-0.4, -0.2) is 25.2 Å². The van der Waals surface area contributed by atoms with Gasteiger partial charge in [0.1, 0.15) is 5.82 Å². The first-order valence-corrected chi connectivity index (χ1v) is 8.73. The van der Waals surface area contributed by atoms with Crippen LogP contribution >= 0.6 is 0 Å². The van der Waals surface area contributed by atoms with Crippen LogP contribution in [0.2, 0.25) is 0 Å². The van der Waals surface area contributed by atoms with Crippen LogP contribution in [0.1, 0.15) is 18.4 Å². The van der Waals surface area contributed by atoms with Gasteiger partial charge in [-0.1, -0.05) is 18.2 Å². The zero-order valence-electron chi connectivity index (χ0n) is 14.2. The maximum Gasteiger partial charge on any atom is 0.257 e. The monoisotopic (exact) mass is 353 g/mol. The maximum atomic E-state index is 14.3. The third-order valence-electron chi connectivity index (χ3n) is 4.61. The van der Waals surface area contributed by atoms with Crippen molar-refractivity contribution in [3.8, 4) is 0 Å². The van der Waals surface area contributed by atoms with Gasteiger partial charge in [-0.3, -0.25) is 4.79 Å². The number of nitrogens with one attached hydrogen (secondary N) is 3. The summed E-state index contributed by atoms with van der Waals surface area (Å²) in [5.41, 5.74) is 3.17. The highest BCUT2D eigenvalue weighted by molar-refractivity contribution is 6.31. The SMILES string of the molecule is O=C1Nc2ccccc2C1=CNc1ccc(NCC2CCCO2)c(F)c1. The van der Waals surface area contributed by atoms with Crippen LogP contribution in [0.5, 0.6) is 0 Å². The molecule has 6 heteroatoms. The number of anilines is 3. The molecule has 0 aromatic heterocycles. The van der Waals surface area contributed by atoms with E-state index in [4.69, 9.17) is 4.74 Å². The molecule has 2 aliphatic heterocycles. The molecular formula is C20H20FN3O2.